The second-order valence-electron chi connectivity index (χ2n) is 4.49. The van der Waals surface area contributed by atoms with Crippen LogP contribution in [0.5, 0.6) is 0 Å². The third-order valence-corrected chi connectivity index (χ3v) is 3.12. The third kappa shape index (κ3) is 3.28. The molecule has 0 bridgehead atoms. The minimum Gasteiger partial charge on any atom is -0.376 e. The lowest BCUT2D eigenvalue weighted by atomic mass is 10.1. The summed E-state index contributed by atoms with van der Waals surface area (Å²) >= 11 is 0. The second-order valence-corrected chi connectivity index (χ2v) is 4.49. The van der Waals surface area contributed by atoms with Crippen LogP contribution in [-0.2, 0) is 10.9 Å². The molecule has 0 saturated carbocycles. The van der Waals surface area contributed by atoms with E-state index in [-0.39, 0.29) is 23.8 Å². The Morgan fingerprint density at radius 1 is 1.32 bits per heavy atom. The van der Waals surface area contributed by atoms with Gasteiger partial charge in [-0.25, -0.2) is 4.98 Å². The molecule has 1 saturated heterocycles. The molecule has 1 aliphatic heterocycles. The fourth-order valence-electron chi connectivity index (χ4n) is 2.01. The molecule has 2 rings (SSSR count). The number of rotatable bonds is 3. The predicted molar refractivity (Wildman–Crippen MR) is 66.2 cm³/mol. The van der Waals surface area contributed by atoms with Crippen molar-refractivity contribution < 1.29 is 17.9 Å². The molecule has 1 aliphatic rings. The Labute approximate surface area is 109 Å². The molecule has 19 heavy (non-hydrogen) atoms. The molecule has 0 spiro atoms. The van der Waals surface area contributed by atoms with Crippen molar-refractivity contribution in [2.45, 2.75) is 31.7 Å². The zero-order valence-corrected chi connectivity index (χ0v) is 10.7. The highest BCUT2D eigenvalue weighted by molar-refractivity contribution is 5.50. The molecule has 0 aromatic carbocycles. The average Bonchev–Trinajstić information content (AvgIpc) is 2.73. The zero-order chi connectivity index (χ0) is 14.0. The molecule has 4 nitrogen and oxygen atoms in total. The molecule has 0 amide bonds. The monoisotopic (exact) mass is 275 g/mol. The number of ether oxygens (including phenoxy) is 1. The van der Waals surface area contributed by atoms with E-state index in [9.17, 15) is 13.2 Å². The molecule has 1 aromatic heterocycles. The van der Waals surface area contributed by atoms with Crippen LogP contribution in [0.15, 0.2) is 12.1 Å². The van der Waals surface area contributed by atoms with Gasteiger partial charge in [-0.15, -0.1) is 0 Å². The molecule has 2 unspecified atom stereocenters. The van der Waals surface area contributed by atoms with Gasteiger partial charge in [0, 0.05) is 13.7 Å². The Bertz CT molecular complexity index is 450. The second kappa shape index (κ2) is 5.24. The molecular weight excluding hydrogens is 259 g/mol. The van der Waals surface area contributed by atoms with E-state index in [1.807, 2.05) is 6.92 Å². The van der Waals surface area contributed by atoms with E-state index < -0.39 is 11.7 Å². The number of aromatic nitrogens is 1. The molecular formula is C12H16F3N3O. The molecule has 7 heteroatoms. The van der Waals surface area contributed by atoms with Crippen molar-refractivity contribution in [2.75, 3.05) is 24.3 Å². The summed E-state index contributed by atoms with van der Waals surface area (Å²) < 4.78 is 43.7. The smallest absolute Gasteiger partial charge is 0.376 e. The highest BCUT2D eigenvalue weighted by atomic mass is 19.4. The van der Waals surface area contributed by atoms with Crippen LogP contribution < -0.4 is 10.6 Å². The van der Waals surface area contributed by atoms with Crippen molar-refractivity contribution in [3.8, 4) is 0 Å². The van der Waals surface area contributed by atoms with Crippen LogP contribution in [0.3, 0.4) is 0 Å². The van der Waals surface area contributed by atoms with Crippen molar-refractivity contribution in [1.82, 2.24) is 4.98 Å². The van der Waals surface area contributed by atoms with Crippen LogP contribution in [0.25, 0.3) is 0 Å². The first kappa shape index (κ1) is 13.9. The van der Waals surface area contributed by atoms with E-state index in [0.29, 0.717) is 6.61 Å². The van der Waals surface area contributed by atoms with Crippen molar-refractivity contribution in [3.05, 3.63) is 17.7 Å². The summed E-state index contributed by atoms with van der Waals surface area (Å²) in [6, 6.07) is 1.99. The topological polar surface area (TPSA) is 46.2 Å². The van der Waals surface area contributed by atoms with Gasteiger partial charge in [-0.05, 0) is 25.5 Å². The Morgan fingerprint density at radius 2 is 2.00 bits per heavy atom. The highest BCUT2D eigenvalue weighted by Crippen LogP contribution is 2.32. The summed E-state index contributed by atoms with van der Waals surface area (Å²) in [7, 11) is 1.54. The quantitative estimate of drug-likeness (QED) is 0.890. The molecule has 2 N–H and O–H groups in total. The van der Waals surface area contributed by atoms with Gasteiger partial charge < -0.3 is 15.4 Å². The summed E-state index contributed by atoms with van der Waals surface area (Å²) in [6.07, 6.45) is -3.66. The van der Waals surface area contributed by atoms with Gasteiger partial charge in [0.2, 0.25) is 0 Å². The maximum Gasteiger partial charge on any atom is 0.416 e. The largest absolute Gasteiger partial charge is 0.416 e. The van der Waals surface area contributed by atoms with Gasteiger partial charge in [0.15, 0.2) is 0 Å². The molecule has 2 atom stereocenters. The number of pyridine rings is 1. The Morgan fingerprint density at radius 3 is 2.53 bits per heavy atom. The first-order valence-corrected chi connectivity index (χ1v) is 6.05. The van der Waals surface area contributed by atoms with Gasteiger partial charge >= 0.3 is 6.18 Å². The van der Waals surface area contributed by atoms with Crippen LogP contribution in [-0.4, -0.2) is 30.8 Å². The van der Waals surface area contributed by atoms with E-state index in [4.69, 9.17) is 4.74 Å². The number of nitrogens with zero attached hydrogens (tertiary/aromatic N) is 1. The van der Waals surface area contributed by atoms with Gasteiger partial charge in [-0.1, -0.05) is 0 Å². The Kier molecular flexibility index (Phi) is 3.84. The molecule has 2 heterocycles. The van der Waals surface area contributed by atoms with E-state index in [1.54, 1.807) is 0 Å². The number of nitrogens with one attached hydrogen (secondary N) is 2. The summed E-state index contributed by atoms with van der Waals surface area (Å²) in [4.78, 5) is 4.09. The van der Waals surface area contributed by atoms with Crippen LogP contribution in [0.1, 0.15) is 18.9 Å². The standard InChI is InChI=1S/C12H16F3N3O/c1-7-9(3-4-19-7)17-11-6-8(12(13,14)15)5-10(16-2)18-11/h5-7,9H,3-4H2,1-2H3,(H2,16,17,18). The summed E-state index contributed by atoms with van der Waals surface area (Å²) in [6.45, 7) is 2.49. The number of hydrogen-bond acceptors (Lipinski definition) is 4. The summed E-state index contributed by atoms with van der Waals surface area (Å²) in [5.74, 6) is 0.394. The van der Waals surface area contributed by atoms with Crippen LogP contribution in [0, 0.1) is 0 Å². The summed E-state index contributed by atoms with van der Waals surface area (Å²) in [5.41, 5.74) is -0.721. The highest BCUT2D eigenvalue weighted by Gasteiger charge is 2.32. The van der Waals surface area contributed by atoms with Gasteiger partial charge in [0.05, 0.1) is 17.7 Å². The van der Waals surface area contributed by atoms with E-state index in [2.05, 4.69) is 15.6 Å². The van der Waals surface area contributed by atoms with Crippen molar-refractivity contribution >= 4 is 11.6 Å². The van der Waals surface area contributed by atoms with E-state index in [0.717, 1.165) is 18.6 Å². The molecule has 0 radical (unpaired) electrons. The van der Waals surface area contributed by atoms with Crippen LogP contribution in [0.2, 0.25) is 0 Å². The van der Waals surface area contributed by atoms with Crippen molar-refractivity contribution in [2.24, 2.45) is 0 Å². The van der Waals surface area contributed by atoms with Gasteiger partial charge in [-0.3, -0.25) is 0 Å². The normalized spacial score (nSPS) is 23.4. The SMILES string of the molecule is CNc1cc(C(F)(F)F)cc(NC2CCOC2C)n1. The maximum absolute atomic E-state index is 12.8. The lowest BCUT2D eigenvalue weighted by Crippen LogP contribution is -2.27. The fraction of sp³-hybridized carbons (Fsp3) is 0.583. The minimum absolute atomic E-state index is 0.0133. The van der Waals surface area contributed by atoms with Gasteiger partial charge in [0.25, 0.3) is 0 Å². The number of anilines is 2. The van der Waals surface area contributed by atoms with E-state index >= 15 is 0 Å². The maximum atomic E-state index is 12.8. The average molecular weight is 275 g/mol. The number of halogens is 3. The molecule has 0 aliphatic carbocycles. The first-order chi connectivity index (χ1) is 8.90. The predicted octanol–water partition coefficient (Wildman–Crippen LogP) is 2.73. The van der Waals surface area contributed by atoms with Gasteiger partial charge in [-0.2, -0.15) is 13.2 Å². The summed E-state index contributed by atoms with van der Waals surface area (Å²) in [5, 5.41) is 5.64. The number of alkyl halides is 3. The first-order valence-electron chi connectivity index (χ1n) is 6.05. The van der Waals surface area contributed by atoms with Crippen molar-refractivity contribution in [3.63, 3.8) is 0 Å². The lowest BCUT2D eigenvalue weighted by Gasteiger charge is -2.18. The minimum atomic E-state index is -4.39. The molecule has 1 fully saturated rings. The fourth-order valence-corrected chi connectivity index (χ4v) is 2.01. The van der Waals surface area contributed by atoms with E-state index in [1.165, 1.54) is 7.05 Å². The number of hydrogen-bond donors (Lipinski definition) is 2. The molecule has 106 valence electrons. The molecule has 1 aromatic rings. The Balaban J connectivity index is 2.24. The third-order valence-electron chi connectivity index (χ3n) is 3.12. The van der Waals surface area contributed by atoms with Crippen molar-refractivity contribution in [1.29, 1.82) is 0 Å². The Hall–Kier alpha value is -1.50. The lowest BCUT2D eigenvalue weighted by molar-refractivity contribution is -0.137. The van der Waals surface area contributed by atoms with Crippen LogP contribution in [0.4, 0.5) is 24.8 Å². The van der Waals surface area contributed by atoms with Crippen LogP contribution >= 0.6 is 0 Å². The van der Waals surface area contributed by atoms with Gasteiger partial charge in [0.1, 0.15) is 11.6 Å². The zero-order valence-electron chi connectivity index (χ0n) is 10.7.